The summed E-state index contributed by atoms with van der Waals surface area (Å²) in [6, 6.07) is 8.71. The lowest BCUT2D eigenvalue weighted by atomic mass is 10.0. The van der Waals surface area contributed by atoms with E-state index in [0.29, 0.717) is 12.8 Å². The summed E-state index contributed by atoms with van der Waals surface area (Å²) in [5.74, 6) is 0.935. The lowest BCUT2D eigenvalue weighted by Gasteiger charge is -2.36. The van der Waals surface area contributed by atoms with E-state index in [1.54, 1.807) is 0 Å². The number of aryl methyl sites for hydroxylation is 2. The van der Waals surface area contributed by atoms with Gasteiger partial charge < -0.3 is 10.2 Å². The van der Waals surface area contributed by atoms with Crippen LogP contribution in [0.4, 0.5) is 0 Å². The van der Waals surface area contributed by atoms with Gasteiger partial charge in [-0.2, -0.15) is 5.10 Å². The average molecular weight is 313 g/mol. The molecule has 1 unspecified atom stereocenters. The molecule has 0 radical (unpaired) electrons. The lowest BCUT2D eigenvalue weighted by molar-refractivity contribution is -0.134. The zero-order chi connectivity index (χ0) is 16.1. The van der Waals surface area contributed by atoms with Crippen LogP contribution in [0.3, 0.4) is 0 Å². The van der Waals surface area contributed by atoms with Gasteiger partial charge in [0.05, 0.1) is 6.04 Å². The van der Waals surface area contributed by atoms with Gasteiger partial charge in [0.2, 0.25) is 5.91 Å². The lowest BCUT2D eigenvalue weighted by Crippen LogP contribution is -2.48. The van der Waals surface area contributed by atoms with Gasteiger partial charge in [-0.25, -0.2) is 4.98 Å². The Morgan fingerprint density at radius 3 is 2.87 bits per heavy atom. The van der Waals surface area contributed by atoms with Crippen LogP contribution in [0.2, 0.25) is 0 Å². The molecule has 1 fully saturated rings. The number of carbonyl (C=O) groups is 1. The molecule has 0 spiro atoms. The smallest absolute Gasteiger partial charge is 0.223 e. The van der Waals surface area contributed by atoms with Gasteiger partial charge >= 0.3 is 0 Å². The van der Waals surface area contributed by atoms with E-state index in [1.165, 1.54) is 17.5 Å². The van der Waals surface area contributed by atoms with E-state index in [0.717, 1.165) is 31.9 Å². The number of amides is 1. The molecular weight excluding hydrogens is 290 g/mol. The van der Waals surface area contributed by atoms with Gasteiger partial charge in [0.25, 0.3) is 0 Å². The molecule has 23 heavy (non-hydrogen) atoms. The monoisotopic (exact) mass is 313 g/mol. The Morgan fingerprint density at radius 2 is 2.17 bits per heavy atom. The summed E-state index contributed by atoms with van der Waals surface area (Å²) in [5, 5.41) is 10.0. The second kappa shape index (κ2) is 7.37. The number of benzene rings is 1. The molecule has 1 saturated heterocycles. The minimum atomic E-state index is 0.108. The van der Waals surface area contributed by atoms with Crippen LogP contribution >= 0.6 is 0 Å². The van der Waals surface area contributed by atoms with Crippen LogP contribution in [0.15, 0.2) is 30.6 Å². The predicted molar refractivity (Wildman–Crippen MR) is 87.8 cm³/mol. The number of H-pyrrole nitrogens is 1. The molecule has 3 rings (SSSR count). The van der Waals surface area contributed by atoms with Gasteiger partial charge in [-0.3, -0.25) is 9.89 Å². The molecule has 1 aromatic carbocycles. The van der Waals surface area contributed by atoms with Gasteiger partial charge in [-0.05, 0) is 17.5 Å². The third-order valence-electron chi connectivity index (χ3n) is 4.38. The Balaban J connectivity index is 1.68. The van der Waals surface area contributed by atoms with Crippen molar-refractivity contribution in [3.8, 4) is 0 Å². The molecule has 2 heterocycles. The number of hydrogen-bond acceptors (Lipinski definition) is 4. The number of nitrogens with zero attached hydrogens (tertiary/aromatic N) is 3. The Bertz CT molecular complexity index is 623. The van der Waals surface area contributed by atoms with Crippen molar-refractivity contribution < 1.29 is 4.79 Å². The molecule has 0 saturated carbocycles. The van der Waals surface area contributed by atoms with E-state index in [2.05, 4.69) is 51.7 Å². The standard InChI is InChI=1S/C17H23N5O/c1-2-13-3-5-14(6-4-13)15-11-18-9-10-22(15)17(23)8-7-16-19-12-20-21-16/h3-6,12,15,18H,2,7-11H2,1H3,(H,19,20,21). The molecule has 1 aliphatic heterocycles. The fraction of sp³-hybridized carbons (Fsp3) is 0.471. The van der Waals surface area contributed by atoms with Crippen molar-refractivity contribution in [3.05, 3.63) is 47.5 Å². The molecule has 1 aliphatic rings. The highest BCUT2D eigenvalue weighted by molar-refractivity contribution is 5.77. The maximum atomic E-state index is 12.6. The topological polar surface area (TPSA) is 73.9 Å². The predicted octanol–water partition coefficient (Wildman–Crippen LogP) is 1.47. The van der Waals surface area contributed by atoms with E-state index < -0.39 is 0 Å². The van der Waals surface area contributed by atoms with Crippen molar-refractivity contribution in [3.63, 3.8) is 0 Å². The van der Waals surface area contributed by atoms with Crippen LogP contribution in [0.1, 0.15) is 36.3 Å². The summed E-state index contributed by atoms with van der Waals surface area (Å²) < 4.78 is 0. The first-order chi connectivity index (χ1) is 11.3. The van der Waals surface area contributed by atoms with Crippen molar-refractivity contribution in [2.75, 3.05) is 19.6 Å². The molecule has 6 nitrogen and oxygen atoms in total. The second-order valence-corrected chi connectivity index (χ2v) is 5.83. The van der Waals surface area contributed by atoms with Gasteiger partial charge in [0.1, 0.15) is 12.2 Å². The molecule has 122 valence electrons. The van der Waals surface area contributed by atoms with Crippen LogP contribution in [0, 0.1) is 0 Å². The number of piperazine rings is 1. The highest BCUT2D eigenvalue weighted by Gasteiger charge is 2.27. The molecule has 1 aromatic heterocycles. The summed E-state index contributed by atoms with van der Waals surface area (Å²) in [5.41, 5.74) is 2.52. The summed E-state index contributed by atoms with van der Waals surface area (Å²) in [4.78, 5) is 18.7. The minimum absolute atomic E-state index is 0.108. The number of carbonyl (C=O) groups excluding carboxylic acids is 1. The van der Waals surface area contributed by atoms with Crippen molar-refractivity contribution in [1.29, 1.82) is 0 Å². The van der Waals surface area contributed by atoms with E-state index in [1.807, 2.05) is 4.90 Å². The van der Waals surface area contributed by atoms with Gasteiger partial charge in [-0.15, -0.1) is 0 Å². The van der Waals surface area contributed by atoms with E-state index in [4.69, 9.17) is 0 Å². The maximum Gasteiger partial charge on any atom is 0.223 e. The molecule has 2 aromatic rings. The summed E-state index contributed by atoms with van der Waals surface area (Å²) in [6.07, 6.45) is 3.56. The van der Waals surface area contributed by atoms with Crippen LogP contribution in [-0.2, 0) is 17.6 Å². The molecule has 0 aliphatic carbocycles. The van der Waals surface area contributed by atoms with Crippen LogP contribution in [0.5, 0.6) is 0 Å². The number of aromatic nitrogens is 3. The summed E-state index contributed by atoms with van der Waals surface area (Å²) >= 11 is 0. The molecule has 1 amide bonds. The van der Waals surface area contributed by atoms with Crippen molar-refractivity contribution >= 4 is 5.91 Å². The van der Waals surface area contributed by atoms with Crippen LogP contribution < -0.4 is 5.32 Å². The van der Waals surface area contributed by atoms with Gasteiger partial charge in [-0.1, -0.05) is 31.2 Å². The van der Waals surface area contributed by atoms with E-state index >= 15 is 0 Å². The Hall–Kier alpha value is -2.21. The fourth-order valence-electron chi connectivity index (χ4n) is 3.00. The highest BCUT2D eigenvalue weighted by Crippen LogP contribution is 2.23. The number of hydrogen-bond donors (Lipinski definition) is 2. The summed E-state index contributed by atoms with van der Waals surface area (Å²) in [7, 11) is 0. The first-order valence-electron chi connectivity index (χ1n) is 8.21. The zero-order valence-electron chi connectivity index (χ0n) is 13.5. The number of aromatic amines is 1. The maximum absolute atomic E-state index is 12.6. The van der Waals surface area contributed by atoms with Crippen LogP contribution in [-0.4, -0.2) is 45.6 Å². The Morgan fingerprint density at radius 1 is 1.35 bits per heavy atom. The van der Waals surface area contributed by atoms with E-state index in [9.17, 15) is 4.79 Å². The Kier molecular flexibility index (Phi) is 5.02. The average Bonchev–Trinajstić information content (AvgIpc) is 3.13. The summed E-state index contributed by atoms with van der Waals surface area (Å²) in [6.45, 7) is 4.54. The van der Waals surface area contributed by atoms with Gasteiger partial charge in [0.15, 0.2) is 0 Å². The third kappa shape index (κ3) is 3.76. The Labute approximate surface area is 136 Å². The van der Waals surface area contributed by atoms with Crippen LogP contribution in [0.25, 0.3) is 0 Å². The quantitative estimate of drug-likeness (QED) is 0.877. The second-order valence-electron chi connectivity index (χ2n) is 5.83. The first kappa shape index (κ1) is 15.7. The van der Waals surface area contributed by atoms with Gasteiger partial charge in [0, 0.05) is 32.5 Å². The molecular formula is C17H23N5O. The zero-order valence-corrected chi connectivity index (χ0v) is 13.5. The molecule has 1 atom stereocenters. The SMILES string of the molecule is CCc1ccc(C2CNCCN2C(=O)CCc2ncn[nH]2)cc1. The van der Waals surface area contributed by atoms with E-state index in [-0.39, 0.29) is 11.9 Å². The number of nitrogens with one attached hydrogen (secondary N) is 2. The molecule has 2 N–H and O–H groups in total. The normalized spacial score (nSPS) is 18.1. The fourth-order valence-corrected chi connectivity index (χ4v) is 3.00. The third-order valence-corrected chi connectivity index (χ3v) is 4.38. The largest absolute Gasteiger partial charge is 0.333 e. The highest BCUT2D eigenvalue weighted by atomic mass is 16.2. The van der Waals surface area contributed by atoms with Crippen molar-refractivity contribution in [2.45, 2.75) is 32.2 Å². The van der Waals surface area contributed by atoms with Crippen molar-refractivity contribution in [1.82, 2.24) is 25.4 Å². The molecule has 0 bridgehead atoms. The minimum Gasteiger partial charge on any atom is -0.333 e. The number of rotatable bonds is 5. The first-order valence-corrected chi connectivity index (χ1v) is 8.21. The molecule has 6 heteroatoms. The van der Waals surface area contributed by atoms with Crippen molar-refractivity contribution in [2.24, 2.45) is 0 Å².